The van der Waals surface area contributed by atoms with Crippen LogP contribution in [-0.2, 0) is 6.54 Å². The van der Waals surface area contributed by atoms with E-state index in [9.17, 15) is 0 Å². The fourth-order valence-electron chi connectivity index (χ4n) is 5.78. The summed E-state index contributed by atoms with van der Waals surface area (Å²) < 4.78 is 1.31. The molecule has 0 bridgehead atoms. The second-order valence-electron chi connectivity index (χ2n) is 7.95. The fraction of sp³-hybridized carbons (Fsp3) is 0.684. The van der Waals surface area contributed by atoms with Crippen molar-refractivity contribution >= 4 is 0 Å². The first-order chi connectivity index (χ1) is 11.4. The van der Waals surface area contributed by atoms with Gasteiger partial charge in [-0.15, -0.1) is 0 Å². The molecule has 0 amide bonds. The van der Waals surface area contributed by atoms with E-state index in [1.165, 1.54) is 81.8 Å². The molecule has 0 aliphatic carbocycles. The maximum Gasteiger partial charge on any atom is 0.175 e. The third-order valence-electron chi connectivity index (χ3n) is 6.74. The Labute approximate surface area is 139 Å². The Morgan fingerprint density at radius 3 is 2.39 bits per heavy atom. The van der Waals surface area contributed by atoms with E-state index in [1.54, 1.807) is 0 Å². The van der Waals surface area contributed by atoms with Crippen molar-refractivity contribution in [2.75, 3.05) is 52.4 Å². The number of rotatable bonds is 2. The van der Waals surface area contributed by atoms with Crippen molar-refractivity contribution in [3.63, 3.8) is 0 Å². The molecule has 1 unspecified atom stereocenters. The largest absolute Gasteiger partial charge is 0.301 e. The van der Waals surface area contributed by atoms with Gasteiger partial charge in [0.15, 0.2) is 6.17 Å². The third kappa shape index (κ3) is 2.27. The van der Waals surface area contributed by atoms with Gasteiger partial charge in [0.2, 0.25) is 0 Å². The molecule has 124 valence electrons. The first-order valence-electron chi connectivity index (χ1n) is 9.48. The third-order valence-corrected chi connectivity index (χ3v) is 6.74. The summed E-state index contributed by atoms with van der Waals surface area (Å²) in [4.78, 5) is 8.44. The highest BCUT2D eigenvalue weighted by Crippen LogP contribution is 2.38. The van der Waals surface area contributed by atoms with Gasteiger partial charge >= 0.3 is 0 Å². The lowest BCUT2D eigenvalue weighted by Gasteiger charge is -2.65. The molecule has 0 aromatic heterocycles. The van der Waals surface area contributed by atoms with Crippen molar-refractivity contribution in [3.8, 4) is 0 Å². The molecular formula is C19H29N4+. The summed E-state index contributed by atoms with van der Waals surface area (Å²) >= 11 is 0. The maximum absolute atomic E-state index is 2.84. The van der Waals surface area contributed by atoms with Gasteiger partial charge in [-0.1, -0.05) is 30.3 Å². The molecule has 4 aliphatic heterocycles. The van der Waals surface area contributed by atoms with Gasteiger partial charge in [0.05, 0.1) is 13.1 Å². The average Bonchev–Trinajstić information content (AvgIpc) is 2.61. The van der Waals surface area contributed by atoms with E-state index in [2.05, 4.69) is 45.0 Å². The summed E-state index contributed by atoms with van der Waals surface area (Å²) in [6, 6.07) is 11.2. The van der Waals surface area contributed by atoms with Gasteiger partial charge in [0.1, 0.15) is 12.7 Å². The zero-order valence-corrected chi connectivity index (χ0v) is 14.1. The van der Waals surface area contributed by atoms with Crippen LogP contribution in [0.25, 0.3) is 0 Å². The lowest BCUT2D eigenvalue weighted by atomic mass is 9.96. The lowest BCUT2D eigenvalue weighted by Crippen LogP contribution is -2.82. The molecule has 0 N–H and O–H groups in total. The molecular weight excluding hydrogens is 284 g/mol. The molecule has 1 aromatic rings. The number of nitrogens with zero attached hydrogens (tertiary/aromatic N) is 4. The molecule has 4 saturated heterocycles. The molecule has 23 heavy (non-hydrogen) atoms. The lowest BCUT2D eigenvalue weighted by molar-refractivity contribution is -0.989. The Hall–Kier alpha value is -0.940. The van der Waals surface area contributed by atoms with Crippen LogP contribution >= 0.6 is 0 Å². The topological polar surface area (TPSA) is 9.72 Å². The van der Waals surface area contributed by atoms with Crippen molar-refractivity contribution < 1.29 is 4.48 Å². The van der Waals surface area contributed by atoms with Crippen molar-refractivity contribution in [3.05, 3.63) is 35.9 Å². The van der Waals surface area contributed by atoms with Gasteiger partial charge in [0.25, 0.3) is 0 Å². The molecule has 4 heterocycles. The standard InChI is InChI=1S/C19H29N4/c1-2-6-17(7-3-1)16-23-14-5-10-22-12-11-20-8-4-9-21(13-15-23)18(20)19(22)23/h1-3,6-7,18-19H,4-5,8-16H2/q+1/t18-,19+,23?/m0/s1. The van der Waals surface area contributed by atoms with Crippen molar-refractivity contribution in [2.45, 2.75) is 31.7 Å². The number of benzene rings is 1. The quantitative estimate of drug-likeness (QED) is 0.764. The Bertz CT molecular complexity index is 556. The van der Waals surface area contributed by atoms with Crippen LogP contribution in [0.3, 0.4) is 0 Å². The smallest absolute Gasteiger partial charge is 0.175 e. The van der Waals surface area contributed by atoms with Crippen LogP contribution in [0.4, 0.5) is 0 Å². The molecule has 4 heteroatoms. The van der Waals surface area contributed by atoms with E-state index in [1.807, 2.05) is 0 Å². The van der Waals surface area contributed by atoms with Crippen molar-refractivity contribution in [1.29, 1.82) is 0 Å². The van der Waals surface area contributed by atoms with E-state index in [4.69, 9.17) is 0 Å². The Morgan fingerprint density at radius 2 is 1.52 bits per heavy atom. The SMILES string of the molecule is c1ccc(C[N+]23CCCN4CCN5CCCN(CC2)[C@H]5[C@H]43)cc1. The predicted molar refractivity (Wildman–Crippen MR) is 91.7 cm³/mol. The van der Waals surface area contributed by atoms with E-state index in [0.29, 0.717) is 12.3 Å². The summed E-state index contributed by atoms with van der Waals surface area (Å²) in [5.41, 5.74) is 1.52. The van der Waals surface area contributed by atoms with E-state index >= 15 is 0 Å². The maximum atomic E-state index is 2.84. The van der Waals surface area contributed by atoms with E-state index < -0.39 is 0 Å². The Kier molecular flexibility index (Phi) is 3.48. The molecule has 4 nitrogen and oxygen atoms in total. The summed E-state index contributed by atoms with van der Waals surface area (Å²) in [7, 11) is 0. The van der Waals surface area contributed by atoms with Crippen LogP contribution in [0.15, 0.2) is 30.3 Å². The molecule has 1 aromatic carbocycles. The minimum Gasteiger partial charge on any atom is -0.301 e. The van der Waals surface area contributed by atoms with Crippen LogP contribution < -0.4 is 0 Å². The Morgan fingerprint density at radius 1 is 0.783 bits per heavy atom. The van der Waals surface area contributed by atoms with E-state index in [-0.39, 0.29) is 0 Å². The van der Waals surface area contributed by atoms with Crippen LogP contribution in [0.5, 0.6) is 0 Å². The summed E-state index contributed by atoms with van der Waals surface area (Å²) in [6.45, 7) is 11.7. The van der Waals surface area contributed by atoms with E-state index in [0.717, 1.165) is 0 Å². The predicted octanol–water partition coefficient (Wildman–Crippen LogP) is 1.40. The van der Waals surface area contributed by atoms with Gasteiger partial charge in [0, 0.05) is 51.3 Å². The monoisotopic (exact) mass is 313 g/mol. The second kappa shape index (κ2) is 5.55. The molecule has 4 fully saturated rings. The number of hydrogen-bond donors (Lipinski definition) is 0. The minimum absolute atomic E-state index is 0.676. The zero-order chi connectivity index (χ0) is 15.3. The Balaban J connectivity index is 1.52. The average molecular weight is 313 g/mol. The van der Waals surface area contributed by atoms with Gasteiger partial charge in [-0.2, -0.15) is 0 Å². The van der Waals surface area contributed by atoms with Crippen LogP contribution in [0.1, 0.15) is 18.4 Å². The molecule has 3 atom stereocenters. The van der Waals surface area contributed by atoms with Crippen molar-refractivity contribution in [1.82, 2.24) is 14.7 Å². The highest BCUT2D eigenvalue weighted by molar-refractivity contribution is 5.14. The molecule has 0 spiro atoms. The van der Waals surface area contributed by atoms with Crippen LogP contribution in [0, 0.1) is 0 Å². The number of piperazine rings is 2. The number of hydrogen-bond acceptors (Lipinski definition) is 3. The highest BCUT2D eigenvalue weighted by atomic mass is 15.6. The van der Waals surface area contributed by atoms with Gasteiger partial charge in [-0.25, -0.2) is 0 Å². The van der Waals surface area contributed by atoms with Crippen LogP contribution in [-0.4, -0.2) is 83.9 Å². The number of quaternary nitrogens is 1. The van der Waals surface area contributed by atoms with Gasteiger partial charge in [-0.05, 0) is 6.42 Å². The van der Waals surface area contributed by atoms with Gasteiger partial charge < -0.3 is 4.48 Å². The molecule has 5 rings (SSSR count). The normalized spacial score (nSPS) is 38.3. The minimum atomic E-state index is 0.676. The highest BCUT2D eigenvalue weighted by Gasteiger charge is 2.57. The zero-order valence-electron chi connectivity index (χ0n) is 14.1. The summed E-state index contributed by atoms with van der Waals surface area (Å²) in [5.74, 6) is 0. The molecule has 0 saturated carbocycles. The van der Waals surface area contributed by atoms with Crippen LogP contribution in [0.2, 0.25) is 0 Å². The second-order valence-corrected chi connectivity index (χ2v) is 7.95. The summed E-state index contributed by atoms with van der Waals surface area (Å²) in [5, 5.41) is 0. The molecule has 4 aliphatic rings. The van der Waals surface area contributed by atoms with Crippen molar-refractivity contribution in [2.24, 2.45) is 0 Å². The summed E-state index contributed by atoms with van der Waals surface area (Å²) in [6.07, 6.45) is 4.11. The van der Waals surface area contributed by atoms with Gasteiger partial charge in [-0.3, -0.25) is 14.7 Å². The fourth-order valence-corrected chi connectivity index (χ4v) is 5.78. The first-order valence-corrected chi connectivity index (χ1v) is 9.48. The molecule has 0 radical (unpaired) electrons. The first kappa shape index (κ1) is 14.4.